The van der Waals surface area contributed by atoms with Crippen molar-refractivity contribution in [3.8, 4) is 0 Å². The minimum absolute atomic E-state index is 0.604. The summed E-state index contributed by atoms with van der Waals surface area (Å²) in [6.07, 6.45) is 1.64. The van der Waals surface area contributed by atoms with Gasteiger partial charge < -0.3 is 4.55 Å². The molecule has 0 aliphatic heterocycles. The number of hydrogen-bond donors (Lipinski definition) is 0. The van der Waals surface area contributed by atoms with Crippen LogP contribution in [0.4, 0.5) is 0 Å². The number of hydrogen-bond acceptors (Lipinski definition) is 3. The van der Waals surface area contributed by atoms with Gasteiger partial charge in [0.1, 0.15) is 23.2 Å². The van der Waals surface area contributed by atoms with Crippen molar-refractivity contribution in [1.82, 2.24) is 0 Å². The van der Waals surface area contributed by atoms with E-state index in [2.05, 4.69) is 122 Å². The molecule has 3 nitrogen and oxygen atoms in total. The first-order valence-corrected chi connectivity index (χ1v) is 14.1. The van der Waals surface area contributed by atoms with Crippen LogP contribution >= 0.6 is 7.26 Å². The molecule has 0 fully saturated rings. The van der Waals surface area contributed by atoms with Crippen LogP contribution in [-0.2, 0) is 16.3 Å². The lowest BCUT2D eigenvalue weighted by Gasteiger charge is -2.28. The highest BCUT2D eigenvalue weighted by atomic mass is 32.2. The van der Waals surface area contributed by atoms with E-state index >= 15 is 0 Å². The van der Waals surface area contributed by atoms with Crippen molar-refractivity contribution in [2.24, 2.45) is 0 Å². The van der Waals surface area contributed by atoms with Crippen LogP contribution in [0.25, 0.3) is 0 Å². The van der Waals surface area contributed by atoms with Crippen molar-refractivity contribution in [1.29, 1.82) is 0 Å². The largest absolute Gasteiger partial charge is 0.748 e. The molecule has 0 radical (unpaired) electrons. The maximum Gasteiger partial charge on any atom is 0.116 e. The van der Waals surface area contributed by atoms with Gasteiger partial charge in [-0.1, -0.05) is 78.9 Å². The Labute approximate surface area is 191 Å². The minimum atomic E-state index is -3.92. The molecule has 4 aromatic rings. The SMILES string of the molecule is CS(=O)(=O)[O-].Cc1ccccc1C[P+](c1ccccc1)(c1ccccc1)c1ccccc1. The van der Waals surface area contributed by atoms with Crippen molar-refractivity contribution in [2.75, 3.05) is 6.26 Å². The second-order valence-corrected chi connectivity index (χ2v) is 12.5. The summed E-state index contributed by atoms with van der Waals surface area (Å²) in [6, 6.07) is 42.1. The van der Waals surface area contributed by atoms with Crippen molar-refractivity contribution >= 4 is 33.3 Å². The van der Waals surface area contributed by atoms with Gasteiger partial charge in [-0.25, -0.2) is 8.42 Å². The van der Waals surface area contributed by atoms with E-state index in [9.17, 15) is 0 Å². The number of benzene rings is 4. The highest BCUT2D eigenvalue weighted by molar-refractivity contribution is 7.95. The Morgan fingerprint density at radius 2 is 0.938 bits per heavy atom. The second-order valence-electron chi connectivity index (χ2n) is 7.61. The summed E-state index contributed by atoms with van der Waals surface area (Å²) in [7, 11) is -5.72. The van der Waals surface area contributed by atoms with Crippen LogP contribution in [0.3, 0.4) is 0 Å². The fourth-order valence-corrected chi connectivity index (χ4v) is 8.16. The van der Waals surface area contributed by atoms with Crippen molar-refractivity contribution in [3.05, 3.63) is 126 Å². The van der Waals surface area contributed by atoms with Gasteiger partial charge in [0.15, 0.2) is 0 Å². The van der Waals surface area contributed by atoms with Crippen LogP contribution in [0.5, 0.6) is 0 Å². The Kier molecular flexibility index (Phi) is 7.98. The molecule has 0 atom stereocenters. The zero-order valence-electron chi connectivity index (χ0n) is 18.3. The van der Waals surface area contributed by atoms with Crippen LogP contribution < -0.4 is 15.9 Å². The molecule has 4 aromatic carbocycles. The first-order valence-electron chi connectivity index (χ1n) is 10.3. The molecule has 0 aliphatic rings. The van der Waals surface area contributed by atoms with E-state index in [0.29, 0.717) is 6.26 Å². The Morgan fingerprint density at radius 1 is 0.625 bits per heavy atom. The molecule has 0 aliphatic carbocycles. The Bertz CT molecular complexity index is 1120. The third kappa shape index (κ3) is 6.14. The van der Waals surface area contributed by atoms with E-state index in [1.807, 2.05) is 0 Å². The van der Waals surface area contributed by atoms with Gasteiger partial charge in [0.25, 0.3) is 0 Å². The monoisotopic (exact) mass is 462 g/mol. The third-order valence-corrected chi connectivity index (χ3v) is 9.61. The van der Waals surface area contributed by atoms with Crippen LogP contribution in [-0.4, -0.2) is 19.2 Å². The first-order chi connectivity index (χ1) is 15.3. The molecule has 0 saturated heterocycles. The van der Waals surface area contributed by atoms with Gasteiger partial charge >= 0.3 is 0 Å². The number of aryl methyl sites for hydroxylation is 1. The fourth-order valence-electron chi connectivity index (χ4n) is 3.81. The molecule has 0 unspecified atom stereocenters. The smallest absolute Gasteiger partial charge is 0.116 e. The van der Waals surface area contributed by atoms with Gasteiger partial charge in [0, 0.05) is 6.26 Å². The third-order valence-electron chi connectivity index (χ3n) is 5.26. The average molecular weight is 463 g/mol. The molecule has 0 saturated carbocycles. The van der Waals surface area contributed by atoms with Crippen LogP contribution in [0, 0.1) is 6.92 Å². The molecular formula is C27H27O3PS. The minimum Gasteiger partial charge on any atom is -0.748 e. The van der Waals surface area contributed by atoms with Crippen molar-refractivity contribution in [3.63, 3.8) is 0 Å². The van der Waals surface area contributed by atoms with E-state index in [4.69, 9.17) is 13.0 Å². The molecule has 0 heterocycles. The van der Waals surface area contributed by atoms with Gasteiger partial charge in [0.05, 0.1) is 16.3 Å². The van der Waals surface area contributed by atoms with Crippen molar-refractivity contribution < 1.29 is 13.0 Å². The highest BCUT2D eigenvalue weighted by Crippen LogP contribution is 2.58. The first kappa shape index (κ1) is 23.9. The molecule has 0 aromatic heterocycles. The summed E-state index contributed by atoms with van der Waals surface area (Å²) in [4.78, 5) is 0. The van der Waals surface area contributed by atoms with Gasteiger partial charge in [0.2, 0.25) is 0 Å². The topological polar surface area (TPSA) is 57.2 Å². The predicted octanol–water partition coefficient (Wildman–Crippen LogP) is 4.65. The molecule has 4 rings (SSSR count). The normalized spacial score (nSPS) is 11.3. The summed E-state index contributed by atoms with van der Waals surface area (Å²) >= 11 is 0. The molecule has 5 heteroatoms. The highest BCUT2D eigenvalue weighted by Gasteiger charge is 2.45. The van der Waals surface area contributed by atoms with Gasteiger partial charge in [-0.2, -0.15) is 0 Å². The zero-order chi connectivity index (χ0) is 23.0. The average Bonchev–Trinajstić information content (AvgIpc) is 2.79. The Morgan fingerprint density at radius 3 is 1.28 bits per heavy atom. The molecule has 0 amide bonds. The van der Waals surface area contributed by atoms with Crippen LogP contribution in [0.15, 0.2) is 115 Å². The lowest BCUT2D eigenvalue weighted by Crippen LogP contribution is -2.32. The molecule has 0 N–H and O–H groups in total. The summed E-state index contributed by atoms with van der Waals surface area (Å²) < 4.78 is 27.2. The summed E-state index contributed by atoms with van der Waals surface area (Å²) in [5.74, 6) is 0. The van der Waals surface area contributed by atoms with Gasteiger partial charge in [-0.3, -0.25) is 0 Å². The van der Waals surface area contributed by atoms with Gasteiger partial charge in [-0.15, -0.1) is 0 Å². The summed E-state index contributed by atoms with van der Waals surface area (Å²) in [5.41, 5.74) is 2.80. The molecule has 32 heavy (non-hydrogen) atoms. The molecule has 164 valence electrons. The lowest BCUT2D eigenvalue weighted by atomic mass is 10.1. The lowest BCUT2D eigenvalue weighted by molar-refractivity contribution is 0.470. The van der Waals surface area contributed by atoms with E-state index in [1.54, 1.807) is 0 Å². The van der Waals surface area contributed by atoms with E-state index < -0.39 is 17.4 Å². The maximum absolute atomic E-state index is 9.08. The summed E-state index contributed by atoms with van der Waals surface area (Å²) in [5, 5.41) is 4.31. The van der Waals surface area contributed by atoms with Crippen molar-refractivity contribution in [2.45, 2.75) is 13.1 Å². The molecular weight excluding hydrogens is 435 g/mol. The Hall–Kier alpha value is -2.78. The molecule has 0 spiro atoms. The van der Waals surface area contributed by atoms with Gasteiger partial charge in [-0.05, 0) is 54.4 Å². The quantitative estimate of drug-likeness (QED) is 0.320. The summed E-state index contributed by atoms with van der Waals surface area (Å²) in [6.45, 7) is 2.23. The number of rotatable bonds is 5. The van der Waals surface area contributed by atoms with E-state index in [-0.39, 0.29) is 0 Å². The van der Waals surface area contributed by atoms with E-state index in [0.717, 1.165) is 6.16 Å². The van der Waals surface area contributed by atoms with E-state index in [1.165, 1.54) is 27.0 Å². The second kappa shape index (κ2) is 10.7. The molecule has 0 bridgehead atoms. The van der Waals surface area contributed by atoms with Crippen LogP contribution in [0.2, 0.25) is 0 Å². The fraction of sp³-hybridized carbons (Fsp3) is 0.111. The Balaban J connectivity index is 0.000000523. The zero-order valence-corrected chi connectivity index (χ0v) is 20.0. The standard InChI is InChI=1S/C26H24P.CH4O3S/c1-22-13-11-12-14-23(22)21-27(24-15-5-2-6-16-24,25-17-7-3-8-18-25)26-19-9-4-10-20-26;1-5(2,3)4/h2-20H,21H2,1H3;1H3,(H,2,3,4)/q+1;/p-1. The maximum atomic E-state index is 9.08. The van der Waals surface area contributed by atoms with Crippen LogP contribution in [0.1, 0.15) is 11.1 Å². The predicted molar refractivity (Wildman–Crippen MR) is 136 cm³/mol.